The molecule has 1 aromatic rings. The van der Waals surface area contributed by atoms with Gasteiger partial charge in [0, 0.05) is 38.3 Å². The van der Waals surface area contributed by atoms with Crippen LogP contribution in [0.2, 0.25) is 0 Å². The number of hydrogen-bond donors (Lipinski definition) is 2. The van der Waals surface area contributed by atoms with Crippen molar-refractivity contribution in [3.63, 3.8) is 0 Å². The van der Waals surface area contributed by atoms with Crippen LogP contribution in [0.5, 0.6) is 0 Å². The molecular formula is C15H20FNO3. The Morgan fingerprint density at radius 1 is 1.50 bits per heavy atom. The molecule has 0 fully saturated rings. The molecule has 0 spiro atoms. The Balaban J connectivity index is 2.46. The van der Waals surface area contributed by atoms with Gasteiger partial charge in [0.05, 0.1) is 5.60 Å². The zero-order chi connectivity index (χ0) is 15.0. The van der Waals surface area contributed by atoms with Crippen molar-refractivity contribution >= 4 is 12.0 Å². The number of aliphatic hydroxyl groups is 1. The maximum absolute atomic E-state index is 13.3. The maximum atomic E-state index is 13.3. The number of carbonyl (C=O) groups excluding carboxylic acids is 1. The van der Waals surface area contributed by atoms with Gasteiger partial charge in [0.15, 0.2) is 0 Å². The van der Waals surface area contributed by atoms with E-state index in [2.05, 4.69) is 5.32 Å². The van der Waals surface area contributed by atoms with Crippen LogP contribution in [0.25, 0.3) is 6.08 Å². The van der Waals surface area contributed by atoms with E-state index >= 15 is 0 Å². The number of nitrogens with one attached hydrogen (secondary N) is 1. The van der Waals surface area contributed by atoms with Crippen molar-refractivity contribution in [1.82, 2.24) is 5.32 Å². The second-order valence-corrected chi connectivity index (χ2v) is 4.81. The van der Waals surface area contributed by atoms with Crippen LogP contribution in [0, 0.1) is 5.82 Å². The number of ether oxygens (including phenoxy) is 1. The average Bonchev–Trinajstić information content (AvgIpc) is 2.42. The van der Waals surface area contributed by atoms with Crippen LogP contribution in [0.3, 0.4) is 0 Å². The summed E-state index contributed by atoms with van der Waals surface area (Å²) in [5.74, 6) is -0.769. The molecule has 0 radical (unpaired) electrons. The van der Waals surface area contributed by atoms with Gasteiger partial charge in [-0.05, 0) is 19.1 Å². The zero-order valence-corrected chi connectivity index (χ0v) is 11.7. The molecule has 1 rings (SSSR count). The van der Waals surface area contributed by atoms with Gasteiger partial charge in [-0.3, -0.25) is 4.79 Å². The summed E-state index contributed by atoms with van der Waals surface area (Å²) in [6, 6.07) is 6.18. The molecule has 1 atom stereocenters. The Labute approximate surface area is 118 Å². The molecule has 2 N–H and O–H groups in total. The molecule has 1 aromatic carbocycles. The highest BCUT2D eigenvalue weighted by molar-refractivity contribution is 5.91. The van der Waals surface area contributed by atoms with Gasteiger partial charge in [0.25, 0.3) is 0 Å². The number of carbonyl (C=O) groups is 1. The smallest absolute Gasteiger partial charge is 0.244 e. The highest BCUT2D eigenvalue weighted by atomic mass is 19.1. The van der Waals surface area contributed by atoms with Crippen molar-refractivity contribution < 1.29 is 19.0 Å². The predicted molar refractivity (Wildman–Crippen MR) is 75.6 cm³/mol. The number of amides is 1. The predicted octanol–water partition coefficient (Wildman–Crippen LogP) is 1.74. The van der Waals surface area contributed by atoms with Gasteiger partial charge >= 0.3 is 0 Å². The normalized spacial score (nSPS) is 14.2. The van der Waals surface area contributed by atoms with E-state index in [1.807, 2.05) is 0 Å². The summed E-state index contributed by atoms with van der Waals surface area (Å²) in [5, 5.41) is 12.5. The summed E-state index contributed by atoms with van der Waals surface area (Å²) in [5.41, 5.74) is -0.689. The van der Waals surface area contributed by atoms with E-state index in [9.17, 15) is 14.3 Å². The Morgan fingerprint density at radius 2 is 2.20 bits per heavy atom. The van der Waals surface area contributed by atoms with Crippen molar-refractivity contribution in [2.75, 3.05) is 20.3 Å². The summed E-state index contributed by atoms with van der Waals surface area (Å²) in [6.07, 6.45) is 3.06. The lowest BCUT2D eigenvalue weighted by atomic mass is 10.0. The number of rotatable bonds is 7. The van der Waals surface area contributed by atoms with Gasteiger partial charge in [-0.15, -0.1) is 0 Å². The first-order valence-corrected chi connectivity index (χ1v) is 6.36. The fraction of sp³-hybridized carbons (Fsp3) is 0.400. The van der Waals surface area contributed by atoms with E-state index in [1.54, 1.807) is 32.2 Å². The van der Waals surface area contributed by atoms with Crippen molar-refractivity contribution in [1.29, 1.82) is 0 Å². The fourth-order valence-corrected chi connectivity index (χ4v) is 1.52. The largest absolute Gasteiger partial charge is 0.388 e. The van der Waals surface area contributed by atoms with Crippen LogP contribution < -0.4 is 5.32 Å². The number of methoxy groups -OCH3 is 1. The Bertz CT molecular complexity index is 472. The van der Waals surface area contributed by atoms with Crippen LogP contribution in [-0.2, 0) is 9.53 Å². The topological polar surface area (TPSA) is 58.6 Å². The molecule has 5 heteroatoms. The van der Waals surface area contributed by atoms with Gasteiger partial charge in [-0.1, -0.05) is 18.2 Å². The molecule has 1 unspecified atom stereocenters. The van der Waals surface area contributed by atoms with E-state index in [4.69, 9.17) is 4.74 Å². The highest BCUT2D eigenvalue weighted by Crippen LogP contribution is 2.09. The molecule has 20 heavy (non-hydrogen) atoms. The molecule has 110 valence electrons. The Morgan fingerprint density at radius 3 is 2.85 bits per heavy atom. The lowest BCUT2D eigenvalue weighted by molar-refractivity contribution is -0.117. The van der Waals surface area contributed by atoms with Crippen molar-refractivity contribution in [3.8, 4) is 0 Å². The van der Waals surface area contributed by atoms with Crippen LogP contribution in [0.15, 0.2) is 30.3 Å². The van der Waals surface area contributed by atoms with E-state index in [0.717, 1.165) is 0 Å². The van der Waals surface area contributed by atoms with Gasteiger partial charge < -0.3 is 15.2 Å². The minimum absolute atomic E-state index is 0.108. The molecule has 0 aliphatic rings. The third-order valence-corrected chi connectivity index (χ3v) is 2.81. The van der Waals surface area contributed by atoms with Crippen molar-refractivity contribution in [3.05, 3.63) is 41.7 Å². The first-order valence-electron chi connectivity index (χ1n) is 6.36. The van der Waals surface area contributed by atoms with E-state index < -0.39 is 5.60 Å². The van der Waals surface area contributed by atoms with Gasteiger partial charge in [0.2, 0.25) is 5.91 Å². The van der Waals surface area contributed by atoms with E-state index in [1.165, 1.54) is 18.2 Å². The minimum Gasteiger partial charge on any atom is -0.388 e. The lowest BCUT2D eigenvalue weighted by Crippen LogP contribution is -2.40. The summed E-state index contributed by atoms with van der Waals surface area (Å²) < 4.78 is 18.2. The summed E-state index contributed by atoms with van der Waals surface area (Å²) in [7, 11) is 1.55. The van der Waals surface area contributed by atoms with Crippen LogP contribution in [-0.4, -0.2) is 36.9 Å². The van der Waals surface area contributed by atoms with Crippen LogP contribution >= 0.6 is 0 Å². The molecule has 0 saturated heterocycles. The SMILES string of the molecule is COCCC(C)(O)CNC(=O)/C=C/c1ccccc1F. The zero-order valence-electron chi connectivity index (χ0n) is 11.7. The van der Waals surface area contributed by atoms with E-state index in [0.29, 0.717) is 18.6 Å². The fourth-order valence-electron chi connectivity index (χ4n) is 1.52. The third-order valence-electron chi connectivity index (χ3n) is 2.81. The average molecular weight is 281 g/mol. The van der Waals surface area contributed by atoms with Crippen LogP contribution in [0.4, 0.5) is 4.39 Å². The quantitative estimate of drug-likeness (QED) is 0.749. The molecule has 0 saturated carbocycles. The molecular weight excluding hydrogens is 261 g/mol. The summed E-state index contributed by atoms with van der Waals surface area (Å²) >= 11 is 0. The molecule has 0 aromatic heterocycles. The first-order chi connectivity index (χ1) is 9.44. The Hall–Kier alpha value is -1.72. The second kappa shape index (κ2) is 7.77. The molecule has 4 nitrogen and oxygen atoms in total. The standard InChI is InChI=1S/C15H20FNO3/c1-15(19,9-10-20-2)11-17-14(18)8-7-12-5-3-4-6-13(12)16/h3-8,19H,9-11H2,1-2H3,(H,17,18)/b8-7+. The first kappa shape index (κ1) is 16.3. The highest BCUT2D eigenvalue weighted by Gasteiger charge is 2.20. The Kier molecular flexibility index (Phi) is 6.35. The van der Waals surface area contributed by atoms with Crippen LogP contribution in [0.1, 0.15) is 18.9 Å². The maximum Gasteiger partial charge on any atom is 0.244 e. The van der Waals surface area contributed by atoms with Gasteiger partial charge in [-0.2, -0.15) is 0 Å². The monoisotopic (exact) mass is 281 g/mol. The lowest BCUT2D eigenvalue weighted by Gasteiger charge is -2.22. The molecule has 0 heterocycles. The third kappa shape index (κ3) is 5.95. The molecule has 0 bridgehead atoms. The molecule has 0 aliphatic carbocycles. The van der Waals surface area contributed by atoms with E-state index in [-0.39, 0.29) is 18.3 Å². The van der Waals surface area contributed by atoms with Gasteiger partial charge in [0.1, 0.15) is 5.82 Å². The summed E-state index contributed by atoms with van der Waals surface area (Å²) in [6.45, 7) is 2.14. The number of benzene rings is 1. The van der Waals surface area contributed by atoms with Crippen molar-refractivity contribution in [2.24, 2.45) is 0 Å². The van der Waals surface area contributed by atoms with Crippen molar-refractivity contribution in [2.45, 2.75) is 18.9 Å². The molecule has 1 amide bonds. The molecule has 0 aliphatic heterocycles. The second-order valence-electron chi connectivity index (χ2n) is 4.81. The van der Waals surface area contributed by atoms with Gasteiger partial charge in [-0.25, -0.2) is 4.39 Å². The summed E-state index contributed by atoms with van der Waals surface area (Å²) in [4.78, 5) is 11.6. The number of halogens is 1. The number of hydrogen-bond acceptors (Lipinski definition) is 3. The minimum atomic E-state index is -1.03.